The molecule has 2 aliphatic heterocycles. The molecule has 5 nitrogen and oxygen atoms in total. The number of aliphatic imine (C=N–C) groups is 1. The SMILES string of the molecule is COc1ccc(C2=N[C@H](c3ccc(OC)c(OC)c3)N3[C@H]2[C@H]3c2ccccc2)cc1. The number of nitrogens with zero attached hydrogens (tertiary/aromatic N) is 2. The maximum atomic E-state index is 5.53. The molecule has 3 aromatic carbocycles. The van der Waals surface area contributed by atoms with Crippen LogP contribution in [0.4, 0.5) is 0 Å². The van der Waals surface area contributed by atoms with Crippen molar-refractivity contribution in [1.29, 1.82) is 0 Å². The van der Waals surface area contributed by atoms with E-state index in [-0.39, 0.29) is 12.2 Å². The topological polar surface area (TPSA) is 43.1 Å². The van der Waals surface area contributed by atoms with Gasteiger partial charge in [-0.2, -0.15) is 0 Å². The predicted octanol–water partition coefficient (Wildman–Crippen LogP) is 4.64. The number of rotatable bonds is 6. The molecule has 0 aliphatic carbocycles. The average molecular weight is 400 g/mol. The van der Waals surface area contributed by atoms with Crippen molar-refractivity contribution >= 4 is 5.71 Å². The number of benzene rings is 3. The Hall–Kier alpha value is -3.31. The minimum absolute atomic E-state index is 0.0582. The van der Waals surface area contributed by atoms with E-state index in [1.54, 1.807) is 21.3 Å². The van der Waals surface area contributed by atoms with Gasteiger partial charge in [-0.25, -0.2) is 0 Å². The lowest BCUT2D eigenvalue weighted by atomic mass is 10.0. The summed E-state index contributed by atoms with van der Waals surface area (Å²) in [4.78, 5) is 7.58. The third-order valence-electron chi connectivity index (χ3n) is 5.91. The first-order valence-electron chi connectivity index (χ1n) is 10.0. The zero-order chi connectivity index (χ0) is 20.7. The summed E-state index contributed by atoms with van der Waals surface area (Å²) < 4.78 is 16.3. The Labute approximate surface area is 176 Å². The van der Waals surface area contributed by atoms with E-state index in [0.717, 1.165) is 34.1 Å². The summed E-state index contributed by atoms with van der Waals surface area (Å²) in [5.74, 6) is 2.29. The van der Waals surface area contributed by atoms with Gasteiger partial charge < -0.3 is 14.2 Å². The molecule has 1 saturated heterocycles. The third-order valence-corrected chi connectivity index (χ3v) is 5.91. The van der Waals surface area contributed by atoms with Gasteiger partial charge in [-0.3, -0.25) is 9.89 Å². The van der Waals surface area contributed by atoms with Crippen LogP contribution in [0.3, 0.4) is 0 Å². The molecule has 1 fully saturated rings. The van der Waals surface area contributed by atoms with E-state index in [9.17, 15) is 0 Å². The van der Waals surface area contributed by atoms with Crippen LogP contribution in [0.5, 0.6) is 17.2 Å². The first kappa shape index (κ1) is 18.7. The van der Waals surface area contributed by atoms with Gasteiger partial charge in [0, 0.05) is 0 Å². The zero-order valence-corrected chi connectivity index (χ0v) is 17.3. The second kappa shape index (κ2) is 7.50. The zero-order valence-electron chi connectivity index (χ0n) is 17.3. The fourth-order valence-electron chi connectivity index (χ4n) is 4.39. The van der Waals surface area contributed by atoms with Crippen LogP contribution in [-0.4, -0.2) is 38.0 Å². The number of hydrogen-bond donors (Lipinski definition) is 0. The maximum absolute atomic E-state index is 5.53. The Balaban J connectivity index is 1.55. The number of ether oxygens (including phenoxy) is 3. The Kier molecular flexibility index (Phi) is 4.68. The lowest BCUT2D eigenvalue weighted by Gasteiger charge is -2.16. The molecule has 5 heteroatoms. The fourth-order valence-corrected chi connectivity index (χ4v) is 4.39. The monoisotopic (exact) mass is 400 g/mol. The van der Waals surface area contributed by atoms with Crippen LogP contribution in [0.15, 0.2) is 77.8 Å². The lowest BCUT2D eigenvalue weighted by molar-refractivity contribution is 0.351. The van der Waals surface area contributed by atoms with E-state index in [4.69, 9.17) is 19.2 Å². The minimum atomic E-state index is -0.0582. The highest BCUT2D eigenvalue weighted by Gasteiger charge is 2.59. The highest BCUT2D eigenvalue weighted by atomic mass is 16.5. The van der Waals surface area contributed by atoms with Crippen LogP contribution in [0.1, 0.15) is 28.9 Å². The molecule has 2 aliphatic rings. The Morgan fingerprint density at radius 2 is 1.43 bits per heavy atom. The molecule has 3 aromatic rings. The van der Waals surface area contributed by atoms with Crippen LogP contribution < -0.4 is 14.2 Å². The van der Waals surface area contributed by atoms with E-state index in [1.807, 2.05) is 24.3 Å². The van der Waals surface area contributed by atoms with Crippen LogP contribution in [0, 0.1) is 0 Å². The maximum Gasteiger partial charge on any atom is 0.161 e. The van der Waals surface area contributed by atoms with Gasteiger partial charge in [0.15, 0.2) is 11.5 Å². The third kappa shape index (κ3) is 3.02. The van der Waals surface area contributed by atoms with Crippen molar-refractivity contribution in [3.05, 3.63) is 89.5 Å². The van der Waals surface area contributed by atoms with Crippen molar-refractivity contribution in [3.8, 4) is 17.2 Å². The largest absolute Gasteiger partial charge is 0.497 e. The van der Waals surface area contributed by atoms with Crippen LogP contribution in [0.2, 0.25) is 0 Å². The molecule has 0 bridgehead atoms. The van der Waals surface area contributed by atoms with Gasteiger partial charge in [-0.1, -0.05) is 36.4 Å². The fraction of sp³-hybridized carbons (Fsp3) is 0.240. The summed E-state index contributed by atoms with van der Waals surface area (Å²) in [5.41, 5.74) is 4.66. The van der Waals surface area contributed by atoms with Crippen molar-refractivity contribution in [2.24, 2.45) is 4.99 Å². The van der Waals surface area contributed by atoms with Gasteiger partial charge in [0.25, 0.3) is 0 Å². The highest BCUT2D eigenvalue weighted by molar-refractivity contribution is 6.08. The average Bonchev–Trinajstić information content (AvgIpc) is 3.43. The quantitative estimate of drug-likeness (QED) is 0.566. The van der Waals surface area contributed by atoms with Crippen LogP contribution in [0.25, 0.3) is 0 Å². The first-order valence-corrected chi connectivity index (χ1v) is 10.0. The van der Waals surface area contributed by atoms with Gasteiger partial charge in [-0.05, 0) is 53.1 Å². The van der Waals surface area contributed by atoms with Gasteiger partial charge in [0.1, 0.15) is 11.9 Å². The Morgan fingerprint density at radius 1 is 0.700 bits per heavy atom. The van der Waals surface area contributed by atoms with Crippen LogP contribution >= 0.6 is 0 Å². The molecular weight excluding hydrogens is 376 g/mol. The summed E-state index contributed by atoms with van der Waals surface area (Å²) in [6.45, 7) is 0. The molecule has 1 unspecified atom stereocenters. The van der Waals surface area contributed by atoms with E-state index < -0.39 is 0 Å². The van der Waals surface area contributed by atoms with Crippen molar-refractivity contribution < 1.29 is 14.2 Å². The number of methoxy groups -OCH3 is 3. The summed E-state index contributed by atoms with van der Waals surface area (Å²) in [5, 5.41) is 0. The second-order valence-corrected chi connectivity index (χ2v) is 7.48. The molecule has 2 heterocycles. The van der Waals surface area contributed by atoms with E-state index in [2.05, 4.69) is 53.4 Å². The molecule has 30 heavy (non-hydrogen) atoms. The molecule has 0 N–H and O–H groups in total. The molecule has 0 aromatic heterocycles. The van der Waals surface area contributed by atoms with Crippen molar-refractivity contribution in [2.75, 3.05) is 21.3 Å². The Morgan fingerprint density at radius 3 is 2.10 bits per heavy atom. The second-order valence-electron chi connectivity index (χ2n) is 7.48. The molecule has 152 valence electrons. The smallest absolute Gasteiger partial charge is 0.161 e. The Bertz CT molecular complexity index is 1080. The summed E-state index contributed by atoms with van der Waals surface area (Å²) >= 11 is 0. The minimum Gasteiger partial charge on any atom is -0.497 e. The summed E-state index contributed by atoms with van der Waals surface area (Å²) in [7, 11) is 5.00. The van der Waals surface area contributed by atoms with E-state index in [1.165, 1.54) is 5.56 Å². The lowest BCUT2D eigenvalue weighted by Crippen LogP contribution is -2.08. The van der Waals surface area contributed by atoms with Gasteiger partial charge in [0.05, 0.1) is 39.1 Å². The molecular formula is C25H24N2O3. The molecule has 0 spiro atoms. The van der Waals surface area contributed by atoms with E-state index >= 15 is 0 Å². The standard InChI is InChI=1S/C25H24N2O3/c1-28-19-12-9-16(10-13-19)22-24-23(17-7-5-4-6-8-17)27(24)25(26-22)18-11-14-20(29-2)21(15-18)30-3/h4-15,23-25H,1-3H3/t23-,24-,25+,27?/m1/s1. The number of fused-ring (bicyclic) bond motifs is 1. The van der Waals surface area contributed by atoms with Gasteiger partial charge in [-0.15, -0.1) is 0 Å². The first-order chi connectivity index (χ1) is 14.7. The van der Waals surface area contributed by atoms with Gasteiger partial charge in [0.2, 0.25) is 0 Å². The molecule has 0 radical (unpaired) electrons. The molecule has 4 atom stereocenters. The van der Waals surface area contributed by atoms with Crippen LogP contribution in [-0.2, 0) is 0 Å². The van der Waals surface area contributed by atoms with Crippen molar-refractivity contribution in [1.82, 2.24) is 4.90 Å². The van der Waals surface area contributed by atoms with Crippen molar-refractivity contribution in [2.45, 2.75) is 18.2 Å². The normalized spacial score (nSPS) is 24.0. The highest BCUT2D eigenvalue weighted by Crippen LogP contribution is 2.56. The molecule has 0 saturated carbocycles. The molecule has 0 amide bonds. The molecule has 5 rings (SSSR count). The van der Waals surface area contributed by atoms with E-state index in [0.29, 0.717) is 6.04 Å². The summed E-state index contributed by atoms with van der Waals surface area (Å²) in [6.07, 6.45) is -0.0582. The predicted molar refractivity (Wildman–Crippen MR) is 117 cm³/mol. The number of hydrogen-bond acceptors (Lipinski definition) is 5. The van der Waals surface area contributed by atoms with Gasteiger partial charge >= 0.3 is 0 Å². The van der Waals surface area contributed by atoms with Crippen molar-refractivity contribution in [3.63, 3.8) is 0 Å². The summed E-state index contributed by atoms with van der Waals surface area (Å²) in [6, 6.07) is 25.4.